The minimum atomic E-state index is -0.120. The predicted molar refractivity (Wildman–Crippen MR) is 80.9 cm³/mol. The summed E-state index contributed by atoms with van der Waals surface area (Å²) in [5.41, 5.74) is 9.65. The molecule has 0 aliphatic heterocycles. The third kappa shape index (κ3) is 2.69. The van der Waals surface area contributed by atoms with E-state index in [4.69, 9.17) is 5.73 Å². The standard InChI is InChI=1S/C14H22N6O/c1-8(7-15)19(4)14(21)12-6-11(16-17-12)13-9(2)18-20(5)10(13)3/h6,8H,7,15H2,1-5H3,(H,16,17). The first-order valence-electron chi connectivity index (χ1n) is 6.90. The van der Waals surface area contributed by atoms with Gasteiger partial charge in [0.05, 0.1) is 11.4 Å². The van der Waals surface area contributed by atoms with Gasteiger partial charge >= 0.3 is 0 Å². The van der Waals surface area contributed by atoms with E-state index in [9.17, 15) is 4.79 Å². The van der Waals surface area contributed by atoms with E-state index in [2.05, 4.69) is 15.3 Å². The largest absolute Gasteiger partial charge is 0.336 e. The Morgan fingerprint density at radius 2 is 2.19 bits per heavy atom. The number of carbonyl (C=O) groups excluding carboxylic acids is 1. The van der Waals surface area contributed by atoms with Crippen LogP contribution >= 0.6 is 0 Å². The minimum absolute atomic E-state index is 0.0221. The molecule has 21 heavy (non-hydrogen) atoms. The highest BCUT2D eigenvalue weighted by molar-refractivity contribution is 5.93. The van der Waals surface area contributed by atoms with Crippen molar-refractivity contribution in [2.24, 2.45) is 12.8 Å². The summed E-state index contributed by atoms with van der Waals surface area (Å²) in [4.78, 5) is 14.0. The summed E-state index contributed by atoms with van der Waals surface area (Å²) in [7, 11) is 3.63. The number of hydrogen-bond donors (Lipinski definition) is 2. The second kappa shape index (κ2) is 5.69. The third-order valence-electron chi connectivity index (χ3n) is 3.90. The first-order valence-corrected chi connectivity index (χ1v) is 6.90. The number of carbonyl (C=O) groups is 1. The summed E-state index contributed by atoms with van der Waals surface area (Å²) in [6, 6.07) is 1.74. The molecule has 1 atom stereocenters. The average Bonchev–Trinajstić information content (AvgIpc) is 3.02. The zero-order chi connectivity index (χ0) is 15.7. The fourth-order valence-electron chi connectivity index (χ4n) is 2.25. The fraction of sp³-hybridized carbons (Fsp3) is 0.500. The van der Waals surface area contributed by atoms with E-state index < -0.39 is 0 Å². The van der Waals surface area contributed by atoms with E-state index in [0.29, 0.717) is 12.2 Å². The highest BCUT2D eigenvalue weighted by Gasteiger charge is 2.21. The molecule has 7 heteroatoms. The van der Waals surface area contributed by atoms with E-state index in [0.717, 1.165) is 22.6 Å². The molecule has 0 aromatic carbocycles. The Morgan fingerprint density at radius 3 is 2.71 bits per heavy atom. The van der Waals surface area contributed by atoms with Gasteiger partial charge in [0.15, 0.2) is 0 Å². The molecule has 0 fully saturated rings. The van der Waals surface area contributed by atoms with Crippen LogP contribution in [-0.2, 0) is 7.05 Å². The zero-order valence-electron chi connectivity index (χ0n) is 13.1. The van der Waals surface area contributed by atoms with Crippen molar-refractivity contribution in [3.8, 4) is 11.3 Å². The van der Waals surface area contributed by atoms with Crippen molar-refractivity contribution in [2.75, 3.05) is 13.6 Å². The monoisotopic (exact) mass is 290 g/mol. The fourth-order valence-corrected chi connectivity index (χ4v) is 2.25. The van der Waals surface area contributed by atoms with Gasteiger partial charge in [-0.15, -0.1) is 0 Å². The van der Waals surface area contributed by atoms with Gasteiger partial charge < -0.3 is 10.6 Å². The van der Waals surface area contributed by atoms with E-state index in [1.165, 1.54) is 0 Å². The van der Waals surface area contributed by atoms with Gasteiger partial charge in [0, 0.05) is 37.9 Å². The molecule has 1 unspecified atom stereocenters. The van der Waals surface area contributed by atoms with Crippen molar-refractivity contribution >= 4 is 5.91 Å². The topological polar surface area (TPSA) is 92.8 Å². The molecule has 2 aromatic rings. The predicted octanol–water partition coefficient (Wildman–Crippen LogP) is 0.846. The summed E-state index contributed by atoms with van der Waals surface area (Å²) < 4.78 is 1.81. The van der Waals surface area contributed by atoms with Crippen molar-refractivity contribution in [3.63, 3.8) is 0 Å². The number of amides is 1. The van der Waals surface area contributed by atoms with Gasteiger partial charge in [-0.25, -0.2) is 0 Å². The van der Waals surface area contributed by atoms with Crippen molar-refractivity contribution in [2.45, 2.75) is 26.8 Å². The van der Waals surface area contributed by atoms with Crippen LogP contribution in [-0.4, -0.2) is 50.4 Å². The zero-order valence-corrected chi connectivity index (χ0v) is 13.1. The second-order valence-electron chi connectivity index (χ2n) is 5.34. The highest BCUT2D eigenvalue weighted by Crippen LogP contribution is 2.25. The van der Waals surface area contributed by atoms with Gasteiger partial charge in [0.2, 0.25) is 0 Å². The first kappa shape index (κ1) is 15.2. The van der Waals surface area contributed by atoms with Crippen LogP contribution in [0.4, 0.5) is 0 Å². The van der Waals surface area contributed by atoms with E-state index >= 15 is 0 Å². The highest BCUT2D eigenvalue weighted by atomic mass is 16.2. The molecule has 7 nitrogen and oxygen atoms in total. The number of nitrogens with zero attached hydrogens (tertiary/aromatic N) is 4. The van der Waals surface area contributed by atoms with Crippen LogP contribution in [0.25, 0.3) is 11.3 Å². The minimum Gasteiger partial charge on any atom is -0.336 e. The van der Waals surface area contributed by atoms with Gasteiger partial charge in [0.25, 0.3) is 5.91 Å². The Kier molecular flexibility index (Phi) is 4.13. The van der Waals surface area contributed by atoms with Crippen LogP contribution < -0.4 is 5.73 Å². The number of rotatable bonds is 4. The molecule has 2 heterocycles. The van der Waals surface area contributed by atoms with Crippen molar-refractivity contribution in [1.29, 1.82) is 0 Å². The molecule has 1 amide bonds. The molecule has 114 valence electrons. The lowest BCUT2D eigenvalue weighted by Crippen LogP contribution is -2.39. The van der Waals surface area contributed by atoms with Crippen LogP contribution in [0.5, 0.6) is 0 Å². The number of aromatic nitrogens is 4. The average molecular weight is 290 g/mol. The molecule has 0 aliphatic carbocycles. The van der Waals surface area contributed by atoms with Crippen LogP contribution in [0.2, 0.25) is 0 Å². The maximum Gasteiger partial charge on any atom is 0.271 e. The molecular weight excluding hydrogens is 268 g/mol. The number of aryl methyl sites for hydroxylation is 2. The lowest BCUT2D eigenvalue weighted by atomic mass is 10.1. The summed E-state index contributed by atoms with van der Waals surface area (Å²) in [6.45, 7) is 6.24. The molecule has 0 spiro atoms. The molecule has 0 radical (unpaired) electrons. The van der Waals surface area contributed by atoms with Crippen molar-refractivity contribution < 1.29 is 4.79 Å². The SMILES string of the molecule is Cc1nn(C)c(C)c1-c1cc(C(=O)N(C)C(C)CN)[nH]n1. The van der Waals surface area contributed by atoms with E-state index in [-0.39, 0.29) is 11.9 Å². The normalized spacial score (nSPS) is 12.5. The molecule has 0 saturated carbocycles. The van der Waals surface area contributed by atoms with Crippen molar-refractivity contribution in [1.82, 2.24) is 24.9 Å². The molecule has 2 rings (SSSR count). The number of nitrogens with two attached hydrogens (primary N) is 1. The molecular formula is C14H22N6O. The number of H-pyrrole nitrogens is 1. The maximum absolute atomic E-state index is 12.3. The Bertz CT molecular complexity index is 656. The quantitative estimate of drug-likeness (QED) is 0.873. The molecule has 0 bridgehead atoms. The van der Waals surface area contributed by atoms with Gasteiger partial charge in [-0.1, -0.05) is 0 Å². The molecule has 0 saturated heterocycles. The van der Waals surface area contributed by atoms with Crippen LogP contribution in [0, 0.1) is 13.8 Å². The van der Waals surface area contributed by atoms with Crippen molar-refractivity contribution in [3.05, 3.63) is 23.1 Å². The first-order chi connectivity index (χ1) is 9.86. The lowest BCUT2D eigenvalue weighted by molar-refractivity contribution is 0.0742. The Labute approximate surface area is 124 Å². The summed E-state index contributed by atoms with van der Waals surface area (Å²) in [6.07, 6.45) is 0. The van der Waals surface area contributed by atoms with E-state index in [1.807, 2.05) is 32.5 Å². The molecule has 2 aromatic heterocycles. The summed E-state index contributed by atoms with van der Waals surface area (Å²) >= 11 is 0. The van der Waals surface area contributed by atoms with Crippen LogP contribution in [0.15, 0.2) is 6.07 Å². The number of aromatic amines is 1. The summed E-state index contributed by atoms with van der Waals surface area (Å²) in [5.74, 6) is -0.120. The van der Waals surface area contributed by atoms with Crippen LogP contribution in [0.1, 0.15) is 28.8 Å². The Morgan fingerprint density at radius 1 is 1.52 bits per heavy atom. The maximum atomic E-state index is 12.3. The van der Waals surface area contributed by atoms with Gasteiger partial charge in [-0.3, -0.25) is 14.6 Å². The number of likely N-dealkylation sites (N-methyl/N-ethyl adjacent to an activating group) is 1. The molecule has 0 aliphatic rings. The van der Waals surface area contributed by atoms with Gasteiger partial charge in [-0.05, 0) is 26.8 Å². The van der Waals surface area contributed by atoms with Crippen LogP contribution in [0.3, 0.4) is 0 Å². The smallest absolute Gasteiger partial charge is 0.271 e. The van der Waals surface area contributed by atoms with Gasteiger partial charge in [0.1, 0.15) is 5.69 Å². The van der Waals surface area contributed by atoms with E-state index in [1.54, 1.807) is 18.0 Å². The molecule has 3 N–H and O–H groups in total. The van der Waals surface area contributed by atoms with Gasteiger partial charge in [-0.2, -0.15) is 10.2 Å². The number of nitrogens with one attached hydrogen (secondary N) is 1. The Balaban J connectivity index is 2.32. The lowest BCUT2D eigenvalue weighted by Gasteiger charge is -2.22. The summed E-state index contributed by atoms with van der Waals surface area (Å²) in [5, 5.41) is 11.4. The number of hydrogen-bond acceptors (Lipinski definition) is 4. The Hall–Kier alpha value is -2.15. The second-order valence-corrected chi connectivity index (χ2v) is 5.34. The third-order valence-corrected chi connectivity index (χ3v) is 3.90.